The smallest absolute Gasteiger partial charge is 0.257 e. The molecule has 2 aromatic heterocycles. The second kappa shape index (κ2) is 7.90. The molecule has 1 fully saturated rings. The van der Waals surface area contributed by atoms with E-state index in [1.165, 1.54) is 0 Å². The summed E-state index contributed by atoms with van der Waals surface area (Å²) in [7, 11) is 1.55. The van der Waals surface area contributed by atoms with Crippen molar-refractivity contribution in [1.29, 1.82) is 0 Å². The van der Waals surface area contributed by atoms with Crippen molar-refractivity contribution in [1.82, 2.24) is 19.7 Å². The third kappa shape index (κ3) is 3.66. The number of ether oxygens (including phenoxy) is 1. The summed E-state index contributed by atoms with van der Waals surface area (Å²) in [5.74, 6) is 2.04. The van der Waals surface area contributed by atoms with Crippen molar-refractivity contribution in [2.24, 2.45) is 0 Å². The van der Waals surface area contributed by atoms with Crippen molar-refractivity contribution in [3.05, 3.63) is 65.4 Å². The molecule has 1 aliphatic rings. The standard InChI is InChI=1S/C20H20ClN5O2/c1-28-17-5-4-15(21)14-16(17)20(27)26-12-10-25(11-13-26)19-7-6-18(22-23-19)24-8-2-3-9-24/h2-9,14H,10-13H2,1H3. The molecule has 0 atom stereocenters. The molecule has 4 rings (SSSR count). The monoisotopic (exact) mass is 397 g/mol. The average Bonchev–Trinajstić information content (AvgIpc) is 3.28. The highest BCUT2D eigenvalue weighted by Crippen LogP contribution is 2.25. The SMILES string of the molecule is COc1ccc(Cl)cc1C(=O)N1CCN(c2ccc(-n3cccc3)nn2)CC1. The van der Waals surface area contributed by atoms with Crippen LogP contribution in [0.25, 0.3) is 5.82 Å². The number of carbonyl (C=O) groups is 1. The second-order valence-corrected chi connectivity index (χ2v) is 6.90. The van der Waals surface area contributed by atoms with E-state index in [9.17, 15) is 4.79 Å². The van der Waals surface area contributed by atoms with Crippen LogP contribution in [0.3, 0.4) is 0 Å². The van der Waals surface area contributed by atoms with Gasteiger partial charge in [0.15, 0.2) is 11.6 Å². The van der Waals surface area contributed by atoms with Crippen LogP contribution in [0.2, 0.25) is 5.02 Å². The van der Waals surface area contributed by atoms with Crippen LogP contribution < -0.4 is 9.64 Å². The number of piperazine rings is 1. The molecule has 1 saturated heterocycles. The van der Waals surface area contributed by atoms with Gasteiger partial charge in [-0.05, 0) is 42.5 Å². The van der Waals surface area contributed by atoms with E-state index in [1.807, 2.05) is 46.1 Å². The lowest BCUT2D eigenvalue weighted by molar-refractivity contribution is 0.0743. The van der Waals surface area contributed by atoms with E-state index in [2.05, 4.69) is 15.1 Å². The van der Waals surface area contributed by atoms with Crippen molar-refractivity contribution in [2.75, 3.05) is 38.2 Å². The fourth-order valence-electron chi connectivity index (χ4n) is 3.27. The number of benzene rings is 1. The molecule has 1 aliphatic heterocycles. The molecular formula is C20H20ClN5O2. The molecule has 144 valence electrons. The normalized spacial score (nSPS) is 14.2. The van der Waals surface area contributed by atoms with Crippen molar-refractivity contribution >= 4 is 23.3 Å². The maximum Gasteiger partial charge on any atom is 0.257 e. The molecule has 0 spiro atoms. The number of halogens is 1. The minimum atomic E-state index is -0.0759. The Bertz CT molecular complexity index is 951. The lowest BCUT2D eigenvalue weighted by Gasteiger charge is -2.35. The van der Waals surface area contributed by atoms with Gasteiger partial charge in [0.2, 0.25) is 0 Å². The van der Waals surface area contributed by atoms with E-state index in [0.717, 1.165) is 11.6 Å². The molecule has 7 nitrogen and oxygen atoms in total. The predicted molar refractivity (Wildman–Crippen MR) is 107 cm³/mol. The summed E-state index contributed by atoms with van der Waals surface area (Å²) in [5, 5.41) is 9.14. The van der Waals surface area contributed by atoms with Gasteiger partial charge in [0.05, 0.1) is 12.7 Å². The van der Waals surface area contributed by atoms with Gasteiger partial charge in [0.1, 0.15) is 5.75 Å². The third-order valence-corrected chi connectivity index (χ3v) is 5.02. The van der Waals surface area contributed by atoms with Gasteiger partial charge in [-0.2, -0.15) is 0 Å². The summed E-state index contributed by atoms with van der Waals surface area (Å²) >= 11 is 6.06. The van der Waals surface area contributed by atoms with E-state index in [4.69, 9.17) is 16.3 Å². The number of carbonyl (C=O) groups excluding carboxylic acids is 1. The predicted octanol–water partition coefficient (Wildman–Crippen LogP) is 2.89. The summed E-state index contributed by atoms with van der Waals surface area (Å²) in [6.07, 6.45) is 3.86. The van der Waals surface area contributed by atoms with Crippen LogP contribution in [0.5, 0.6) is 5.75 Å². The van der Waals surface area contributed by atoms with E-state index in [-0.39, 0.29) is 5.91 Å². The third-order valence-electron chi connectivity index (χ3n) is 4.79. The number of hydrogen-bond donors (Lipinski definition) is 0. The van der Waals surface area contributed by atoms with Gasteiger partial charge >= 0.3 is 0 Å². The Morgan fingerprint density at radius 2 is 1.68 bits per heavy atom. The molecule has 0 aliphatic carbocycles. The molecule has 0 bridgehead atoms. The number of aromatic nitrogens is 3. The number of rotatable bonds is 4. The van der Waals surface area contributed by atoms with Crippen LogP contribution in [-0.4, -0.2) is 58.9 Å². The Kier molecular flexibility index (Phi) is 5.16. The molecule has 0 N–H and O–H groups in total. The first-order valence-electron chi connectivity index (χ1n) is 9.00. The lowest BCUT2D eigenvalue weighted by Crippen LogP contribution is -2.49. The number of methoxy groups -OCH3 is 1. The Labute approximate surface area is 168 Å². The molecular weight excluding hydrogens is 378 g/mol. The van der Waals surface area contributed by atoms with Gasteiger partial charge in [-0.3, -0.25) is 4.79 Å². The fraction of sp³-hybridized carbons (Fsp3) is 0.250. The van der Waals surface area contributed by atoms with Crippen LogP contribution in [0, 0.1) is 0 Å². The van der Waals surface area contributed by atoms with E-state index < -0.39 is 0 Å². The van der Waals surface area contributed by atoms with Crippen molar-refractivity contribution in [3.63, 3.8) is 0 Å². The van der Waals surface area contributed by atoms with Gasteiger partial charge in [-0.15, -0.1) is 10.2 Å². The first kappa shape index (κ1) is 18.3. The van der Waals surface area contributed by atoms with Crippen LogP contribution in [0.15, 0.2) is 54.9 Å². The molecule has 0 radical (unpaired) electrons. The number of hydrogen-bond acceptors (Lipinski definition) is 5. The summed E-state index contributed by atoms with van der Waals surface area (Å²) in [6, 6.07) is 12.9. The largest absolute Gasteiger partial charge is 0.496 e. The first-order chi connectivity index (χ1) is 13.7. The Morgan fingerprint density at radius 3 is 2.32 bits per heavy atom. The first-order valence-corrected chi connectivity index (χ1v) is 9.38. The van der Waals surface area contributed by atoms with Crippen molar-refractivity contribution in [3.8, 4) is 11.6 Å². The van der Waals surface area contributed by atoms with Gasteiger partial charge < -0.3 is 19.1 Å². The van der Waals surface area contributed by atoms with Crippen molar-refractivity contribution in [2.45, 2.75) is 0 Å². The zero-order valence-electron chi connectivity index (χ0n) is 15.5. The molecule has 8 heteroatoms. The molecule has 0 unspecified atom stereocenters. The zero-order valence-corrected chi connectivity index (χ0v) is 16.2. The Balaban J connectivity index is 1.42. The van der Waals surface area contributed by atoms with Gasteiger partial charge in [-0.25, -0.2) is 0 Å². The second-order valence-electron chi connectivity index (χ2n) is 6.46. The van der Waals surface area contributed by atoms with Gasteiger partial charge in [-0.1, -0.05) is 11.6 Å². The van der Waals surface area contributed by atoms with Gasteiger partial charge in [0.25, 0.3) is 5.91 Å². The summed E-state index contributed by atoms with van der Waals surface area (Å²) in [5.41, 5.74) is 0.485. The van der Waals surface area contributed by atoms with E-state index in [1.54, 1.807) is 25.3 Å². The summed E-state index contributed by atoms with van der Waals surface area (Å²) in [4.78, 5) is 16.8. The van der Waals surface area contributed by atoms with Crippen molar-refractivity contribution < 1.29 is 9.53 Å². The highest BCUT2D eigenvalue weighted by molar-refractivity contribution is 6.31. The Hall–Kier alpha value is -3.06. The van der Waals surface area contributed by atoms with Crippen LogP contribution in [0.1, 0.15) is 10.4 Å². The minimum absolute atomic E-state index is 0.0759. The maximum absolute atomic E-state index is 12.9. The van der Waals surface area contributed by atoms with Crippen LogP contribution in [0.4, 0.5) is 5.82 Å². The average molecular weight is 398 g/mol. The summed E-state index contributed by atoms with van der Waals surface area (Å²) in [6.45, 7) is 2.56. The zero-order chi connectivity index (χ0) is 19.5. The molecule has 1 amide bonds. The van der Waals surface area contributed by atoms with Crippen LogP contribution in [-0.2, 0) is 0 Å². The van der Waals surface area contributed by atoms with Gasteiger partial charge in [0, 0.05) is 43.6 Å². The number of anilines is 1. The van der Waals surface area contributed by atoms with E-state index in [0.29, 0.717) is 42.5 Å². The molecule has 1 aromatic carbocycles. The summed E-state index contributed by atoms with van der Waals surface area (Å²) < 4.78 is 7.22. The highest BCUT2D eigenvalue weighted by Gasteiger charge is 2.25. The molecule has 3 aromatic rings. The highest BCUT2D eigenvalue weighted by atomic mass is 35.5. The number of nitrogens with zero attached hydrogens (tertiary/aromatic N) is 5. The lowest BCUT2D eigenvalue weighted by atomic mass is 10.1. The van der Waals surface area contributed by atoms with Crippen LogP contribution >= 0.6 is 11.6 Å². The topological polar surface area (TPSA) is 63.5 Å². The number of amides is 1. The Morgan fingerprint density at radius 1 is 1.00 bits per heavy atom. The molecule has 28 heavy (non-hydrogen) atoms. The maximum atomic E-state index is 12.9. The minimum Gasteiger partial charge on any atom is -0.496 e. The van der Waals surface area contributed by atoms with E-state index >= 15 is 0 Å². The fourth-order valence-corrected chi connectivity index (χ4v) is 3.44. The molecule has 0 saturated carbocycles. The quantitative estimate of drug-likeness (QED) is 0.677. The molecule has 3 heterocycles.